The fourth-order valence-corrected chi connectivity index (χ4v) is 7.12. The second-order valence-corrected chi connectivity index (χ2v) is 9.92. The summed E-state index contributed by atoms with van der Waals surface area (Å²) in [6, 6.07) is 7.13. The Morgan fingerprint density at radius 3 is 2.43 bits per heavy atom. The summed E-state index contributed by atoms with van der Waals surface area (Å²) < 4.78 is 14.9. The molecule has 0 amide bonds. The molecule has 1 saturated heterocycles. The van der Waals surface area contributed by atoms with Crippen LogP contribution in [0.5, 0.6) is 0 Å². The van der Waals surface area contributed by atoms with Crippen molar-refractivity contribution in [2.45, 2.75) is 42.2 Å². The molecule has 0 spiro atoms. The SMILES string of the molecule is CCC(C)[C@H](N[S@@+]([O-])c1ccc(C)cc1)C1(C(=O)O)SCCS1. The lowest BCUT2D eigenvalue weighted by atomic mass is 9.96. The van der Waals surface area contributed by atoms with Crippen LogP contribution in [0, 0.1) is 12.8 Å². The van der Waals surface area contributed by atoms with Crippen molar-refractivity contribution in [3.63, 3.8) is 0 Å². The van der Waals surface area contributed by atoms with Gasteiger partial charge in [0.05, 0.1) is 17.4 Å². The first-order valence-corrected chi connectivity index (χ1v) is 10.8. The molecule has 128 valence electrons. The molecular weight excluding hydrogens is 350 g/mol. The number of thioether (sulfide) groups is 2. The zero-order valence-corrected chi connectivity index (χ0v) is 16.0. The third-order valence-electron chi connectivity index (χ3n) is 4.11. The number of carbonyl (C=O) groups is 1. The van der Waals surface area contributed by atoms with E-state index < -0.39 is 21.4 Å². The van der Waals surface area contributed by atoms with Crippen molar-refractivity contribution < 1.29 is 14.5 Å². The Morgan fingerprint density at radius 1 is 1.39 bits per heavy atom. The summed E-state index contributed by atoms with van der Waals surface area (Å²) in [5, 5.41) is 9.82. The molecule has 2 rings (SSSR count). The normalized spacial score (nSPS) is 20.9. The smallest absolute Gasteiger partial charge is 0.331 e. The van der Waals surface area contributed by atoms with Gasteiger partial charge in [-0.15, -0.1) is 28.2 Å². The highest BCUT2D eigenvalue weighted by molar-refractivity contribution is 8.22. The first-order valence-electron chi connectivity index (χ1n) is 7.66. The minimum Gasteiger partial charge on any atom is -0.593 e. The molecule has 1 aliphatic rings. The van der Waals surface area contributed by atoms with E-state index in [4.69, 9.17) is 0 Å². The van der Waals surface area contributed by atoms with E-state index in [0.717, 1.165) is 23.5 Å². The van der Waals surface area contributed by atoms with E-state index in [1.54, 1.807) is 0 Å². The summed E-state index contributed by atoms with van der Waals surface area (Å²) in [6.45, 7) is 6.04. The van der Waals surface area contributed by atoms with Gasteiger partial charge in [0.1, 0.15) is 0 Å². The zero-order chi connectivity index (χ0) is 17.0. The maximum absolute atomic E-state index is 12.7. The fourth-order valence-electron chi connectivity index (χ4n) is 2.51. The predicted octanol–water partition coefficient (Wildman–Crippen LogP) is 3.28. The highest BCUT2D eigenvalue weighted by Gasteiger charge is 2.53. The van der Waals surface area contributed by atoms with Crippen molar-refractivity contribution in [1.82, 2.24) is 4.72 Å². The van der Waals surface area contributed by atoms with Crippen LogP contribution in [0.25, 0.3) is 0 Å². The van der Waals surface area contributed by atoms with Crippen molar-refractivity contribution in [2.75, 3.05) is 11.5 Å². The summed E-state index contributed by atoms with van der Waals surface area (Å²) in [4.78, 5) is 12.6. The molecule has 2 N–H and O–H groups in total. The van der Waals surface area contributed by atoms with Crippen LogP contribution in [-0.4, -0.2) is 37.3 Å². The summed E-state index contributed by atoms with van der Waals surface area (Å²) >= 11 is 1.49. The van der Waals surface area contributed by atoms with Gasteiger partial charge in [-0.2, -0.15) is 0 Å². The van der Waals surface area contributed by atoms with Gasteiger partial charge in [0, 0.05) is 11.5 Å². The van der Waals surface area contributed by atoms with E-state index in [0.29, 0.717) is 4.90 Å². The third-order valence-corrected chi connectivity index (χ3v) is 8.77. The van der Waals surface area contributed by atoms with Crippen LogP contribution in [0.3, 0.4) is 0 Å². The number of aliphatic carboxylic acids is 1. The second kappa shape index (κ2) is 8.16. The van der Waals surface area contributed by atoms with Crippen LogP contribution in [0.2, 0.25) is 0 Å². The molecule has 1 unspecified atom stereocenters. The van der Waals surface area contributed by atoms with Gasteiger partial charge in [-0.3, -0.25) is 0 Å². The van der Waals surface area contributed by atoms with Crippen molar-refractivity contribution in [3.8, 4) is 0 Å². The Hall–Kier alpha value is -0.340. The van der Waals surface area contributed by atoms with Crippen molar-refractivity contribution in [3.05, 3.63) is 29.8 Å². The molecule has 23 heavy (non-hydrogen) atoms. The molecule has 1 aromatic carbocycles. The van der Waals surface area contributed by atoms with Crippen LogP contribution < -0.4 is 4.72 Å². The average Bonchev–Trinajstić information content (AvgIpc) is 3.03. The van der Waals surface area contributed by atoms with Gasteiger partial charge >= 0.3 is 5.97 Å². The van der Waals surface area contributed by atoms with Gasteiger partial charge in [-0.05, 0) is 25.0 Å². The first-order chi connectivity index (χ1) is 10.9. The zero-order valence-electron chi connectivity index (χ0n) is 13.6. The van der Waals surface area contributed by atoms with Crippen LogP contribution in [0.1, 0.15) is 25.8 Å². The van der Waals surface area contributed by atoms with Gasteiger partial charge in [0.2, 0.25) is 0 Å². The molecule has 1 fully saturated rings. The first kappa shape index (κ1) is 19.0. The van der Waals surface area contributed by atoms with Gasteiger partial charge < -0.3 is 9.66 Å². The van der Waals surface area contributed by atoms with Crippen LogP contribution in [0.15, 0.2) is 29.2 Å². The lowest BCUT2D eigenvalue weighted by molar-refractivity contribution is -0.138. The number of benzene rings is 1. The number of nitrogens with one attached hydrogen (secondary N) is 1. The van der Waals surface area contributed by atoms with E-state index in [2.05, 4.69) is 4.72 Å². The van der Waals surface area contributed by atoms with E-state index in [9.17, 15) is 14.5 Å². The van der Waals surface area contributed by atoms with Gasteiger partial charge in [0.15, 0.2) is 8.97 Å². The lowest BCUT2D eigenvalue weighted by Gasteiger charge is -2.35. The van der Waals surface area contributed by atoms with Crippen molar-refractivity contribution >= 4 is 40.9 Å². The number of hydrogen-bond acceptors (Lipinski definition) is 5. The largest absolute Gasteiger partial charge is 0.593 e. The van der Waals surface area contributed by atoms with Crippen molar-refractivity contribution in [1.29, 1.82) is 0 Å². The molecule has 1 aromatic rings. The monoisotopic (exact) mass is 373 g/mol. The quantitative estimate of drug-likeness (QED) is 0.715. The van der Waals surface area contributed by atoms with E-state index in [1.807, 2.05) is 45.0 Å². The average molecular weight is 374 g/mol. The summed E-state index contributed by atoms with van der Waals surface area (Å²) in [6.07, 6.45) is 0.832. The van der Waals surface area contributed by atoms with Crippen LogP contribution in [-0.2, 0) is 16.2 Å². The summed E-state index contributed by atoms with van der Waals surface area (Å²) in [7, 11) is 0. The predicted molar refractivity (Wildman–Crippen MR) is 99.2 cm³/mol. The molecule has 0 bridgehead atoms. The van der Waals surface area contributed by atoms with Gasteiger partial charge in [-0.1, -0.05) is 38.0 Å². The number of carboxylic acid groups (broad SMARTS) is 1. The molecule has 0 aliphatic carbocycles. The molecule has 3 atom stereocenters. The highest BCUT2D eigenvalue weighted by atomic mass is 32.2. The number of hydrogen-bond donors (Lipinski definition) is 2. The van der Waals surface area contributed by atoms with Crippen molar-refractivity contribution in [2.24, 2.45) is 5.92 Å². The lowest BCUT2D eigenvalue weighted by Crippen LogP contribution is -2.55. The molecule has 7 heteroatoms. The highest BCUT2D eigenvalue weighted by Crippen LogP contribution is 2.49. The maximum atomic E-state index is 12.7. The second-order valence-electron chi connectivity index (χ2n) is 5.73. The van der Waals surface area contributed by atoms with Crippen LogP contribution in [0.4, 0.5) is 0 Å². The molecule has 1 aliphatic heterocycles. The van der Waals surface area contributed by atoms with E-state index in [-0.39, 0.29) is 12.0 Å². The minimum absolute atomic E-state index is 0.110. The Balaban J connectivity index is 2.25. The topological polar surface area (TPSA) is 72.4 Å². The number of aryl methyl sites for hydroxylation is 1. The minimum atomic E-state index is -1.42. The number of rotatable bonds is 7. The Bertz CT molecular complexity index is 532. The molecule has 0 saturated carbocycles. The van der Waals surface area contributed by atoms with E-state index >= 15 is 0 Å². The Kier molecular flexibility index (Phi) is 6.74. The van der Waals surface area contributed by atoms with E-state index in [1.165, 1.54) is 23.5 Å². The third kappa shape index (κ3) is 4.20. The Morgan fingerprint density at radius 2 is 1.96 bits per heavy atom. The molecular formula is C16H23NO3S3. The molecule has 1 heterocycles. The van der Waals surface area contributed by atoms with Crippen LogP contribution >= 0.6 is 23.5 Å². The maximum Gasteiger partial charge on any atom is 0.331 e. The summed E-state index contributed by atoms with van der Waals surface area (Å²) in [5.74, 6) is 0.896. The molecule has 4 nitrogen and oxygen atoms in total. The number of carboxylic acids is 1. The fraction of sp³-hybridized carbons (Fsp3) is 0.562. The molecule has 0 aromatic heterocycles. The standard InChI is InChI=1S/C16H23NO3S3/c1-4-12(3)14(16(15(18)19)21-9-10-22-16)17-23(20)13-7-5-11(2)6-8-13/h5-8,12,14,17H,4,9-10H2,1-3H3,(H,18,19)/t12?,14-,23-/m0/s1. The van der Waals surface area contributed by atoms with Gasteiger partial charge in [0.25, 0.3) is 0 Å². The van der Waals surface area contributed by atoms with Gasteiger partial charge in [-0.25, -0.2) is 4.79 Å². The molecule has 0 radical (unpaired) electrons. The Labute approximate surface area is 149 Å². The summed E-state index contributed by atoms with van der Waals surface area (Å²) in [5.41, 5.74) is 1.10.